The molecule has 0 saturated carbocycles. The molecule has 0 radical (unpaired) electrons. The standard InChI is InChI=1S/C16H21N3S/c1-13-11-19(12-14-5-3-2-4-6-14)9-7-15(13)18-16-17-8-10-20-16/h2-6,8,10,13,15H,7,9,11-12H2,1H3,(H,17,18). The highest BCUT2D eigenvalue weighted by Gasteiger charge is 2.26. The quantitative estimate of drug-likeness (QED) is 0.933. The van der Waals surface area contributed by atoms with Crippen LogP contribution in [0.4, 0.5) is 5.13 Å². The van der Waals surface area contributed by atoms with E-state index in [9.17, 15) is 0 Å². The molecule has 2 aromatic rings. The van der Waals surface area contributed by atoms with Crippen molar-refractivity contribution < 1.29 is 0 Å². The lowest BCUT2D eigenvalue weighted by Gasteiger charge is -2.37. The van der Waals surface area contributed by atoms with Crippen LogP contribution in [0, 0.1) is 5.92 Å². The number of piperidine rings is 1. The van der Waals surface area contributed by atoms with Crippen LogP contribution < -0.4 is 5.32 Å². The molecule has 2 heterocycles. The summed E-state index contributed by atoms with van der Waals surface area (Å²) in [6.07, 6.45) is 3.05. The summed E-state index contributed by atoms with van der Waals surface area (Å²) in [6.45, 7) is 5.71. The Bertz CT molecular complexity index is 512. The van der Waals surface area contributed by atoms with Crippen molar-refractivity contribution in [3.63, 3.8) is 0 Å². The number of benzene rings is 1. The smallest absolute Gasteiger partial charge is 0.182 e. The van der Waals surface area contributed by atoms with Crippen LogP contribution in [-0.4, -0.2) is 29.0 Å². The van der Waals surface area contributed by atoms with E-state index in [1.807, 2.05) is 11.6 Å². The first-order chi connectivity index (χ1) is 9.81. The number of hydrogen-bond acceptors (Lipinski definition) is 4. The Morgan fingerprint density at radius 2 is 2.20 bits per heavy atom. The largest absolute Gasteiger partial charge is 0.358 e. The highest BCUT2D eigenvalue weighted by atomic mass is 32.1. The van der Waals surface area contributed by atoms with E-state index in [4.69, 9.17) is 0 Å². The van der Waals surface area contributed by atoms with Gasteiger partial charge in [-0.25, -0.2) is 4.98 Å². The van der Waals surface area contributed by atoms with Gasteiger partial charge in [-0.15, -0.1) is 11.3 Å². The molecule has 2 unspecified atom stereocenters. The van der Waals surface area contributed by atoms with Gasteiger partial charge in [0, 0.05) is 37.3 Å². The summed E-state index contributed by atoms with van der Waals surface area (Å²) in [5.41, 5.74) is 1.41. The Morgan fingerprint density at radius 3 is 2.90 bits per heavy atom. The Balaban J connectivity index is 1.54. The predicted molar refractivity (Wildman–Crippen MR) is 85.0 cm³/mol. The fourth-order valence-corrected chi connectivity index (χ4v) is 3.48. The molecule has 1 N–H and O–H groups in total. The van der Waals surface area contributed by atoms with Crippen LogP contribution in [0.3, 0.4) is 0 Å². The number of hydrogen-bond donors (Lipinski definition) is 1. The fraction of sp³-hybridized carbons (Fsp3) is 0.438. The molecule has 106 valence electrons. The molecule has 1 fully saturated rings. The number of rotatable bonds is 4. The number of thiazole rings is 1. The van der Waals surface area contributed by atoms with E-state index in [2.05, 4.69) is 52.5 Å². The molecular formula is C16H21N3S. The van der Waals surface area contributed by atoms with Crippen molar-refractivity contribution in [3.8, 4) is 0 Å². The van der Waals surface area contributed by atoms with Crippen molar-refractivity contribution in [1.29, 1.82) is 0 Å². The first kappa shape index (κ1) is 13.6. The SMILES string of the molecule is CC1CN(Cc2ccccc2)CCC1Nc1nccs1. The molecule has 1 aromatic heterocycles. The Morgan fingerprint density at radius 1 is 1.35 bits per heavy atom. The van der Waals surface area contributed by atoms with Gasteiger partial charge in [0.2, 0.25) is 0 Å². The van der Waals surface area contributed by atoms with Gasteiger partial charge in [-0.2, -0.15) is 0 Å². The molecule has 0 amide bonds. The van der Waals surface area contributed by atoms with Crippen molar-refractivity contribution in [1.82, 2.24) is 9.88 Å². The van der Waals surface area contributed by atoms with E-state index >= 15 is 0 Å². The van der Waals surface area contributed by atoms with Gasteiger partial charge in [0.25, 0.3) is 0 Å². The van der Waals surface area contributed by atoms with Gasteiger partial charge >= 0.3 is 0 Å². The van der Waals surface area contributed by atoms with Gasteiger partial charge in [-0.3, -0.25) is 4.90 Å². The topological polar surface area (TPSA) is 28.2 Å². The summed E-state index contributed by atoms with van der Waals surface area (Å²) < 4.78 is 0. The fourth-order valence-electron chi connectivity index (χ4n) is 2.88. The molecule has 4 heteroatoms. The predicted octanol–water partition coefficient (Wildman–Crippen LogP) is 3.47. The summed E-state index contributed by atoms with van der Waals surface area (Å²) >= 11 is 1.69. The molecule has 1 aliphatic heterocycles. The first-order valence-electron chi connectivity index (χ1n) is 7.23. The molecule has 3 nitrogen and oxygen atoms in total. The average Bonchev–Trinajstić information content (AvgIpc) is 2.96. The minimum absolute atomic E-state index is 0.549. The molecule has 3 rings (SSSR count). The van der Waals surface area contributed by atoms with Crippen LogP contribution >= 0.6 is 11.3 Å². The van der Waals surface area contributed by atoms with Crippen LogP contribution in [0.2, 0.25) is 0 Å². The molecule has 1 aliphatic rings. The first-order valence-corrected chi connectivity index (χ1v) is 8.11. The van der Waals surface area contributed by atoms with Crippen molar-refractivity contribution in [3.05, 3.63) is 47.5 Å². The van der Waals surface area contributed by atoms with Crippen LogP contribution in [0.15, 0.2) is 41.9 Å². The van der Waals surface area contributed by atoms with E-state index in [0.717, 1.165) is 24.8 Å². The number of nitrogens with one attached hydrogen (secondary N) is 1. The van der Waals surface area contributed by atoms with Gasteiger partial charge in [0.1, 0.15) is 0 Å². The Kier molecular flexibility index (Phi) is 4.33. The van der Waals surface area contributed by atoms with Gasteiger partial charge in [-0.05, 0) is 17.9 Å². The maximum atomic E-state index is 4.33. The Labute approximate surface area is 124 Å². The van der Waals surface area contributed by atoms with Crippen LogP contribution in [0.5, 0.6) is 0 Å². The van der Waals surface area contributed by atoms with Gasteiger partial charge in [0.05, 0.1) is 0 Å². The zero-order valence-electron chi connectivity index (χ0n) is 11.8. The van der Waals surface area contributed by atoms with Gasteiger partial charge < -0.3 is 5.32 Å². The third-order valence-electron chi connectivity index (χ3n) is 3.98. The van der Waals surface area contributed by atoms with E-state index in [-0.39, 0.29) is 0 Å². The molecule has 0 bridgehead atoms. The van der Waals surface area contributed by atoms with Crippen LogP contribution in [0.25, 0.3) is 0 Å². The molecular weight excluding hydrogens is 266 g/mol. The second-order valence-electron chi connectivity index (χ2n) is 5.57. The van der Waals surface area contributed by atoms with E-state index in [0.29, 0.717) is 12.0 Å². The summed E-state index contributed by atoms with van der Waals surface area (Å²) in [4.78, 5) is 6.88. The third-order valence-corrected chi connectivity index (χ3v) is 4.68. The number of aromatic nitrogens is 1. The summed E-state index contributed by atoms with van der Waals surface area (Å²) in [5.74, 6) is 0.649. The average molecular weight is 287 g/mol. The minimum Gasteiger partial charge on any atom is -0.358 e. The monoisotopic (exact) mass is 287 g/mol. The van der Waals surface area contributed by atoms with Crippen LogP contribution in [0.1, 0.15) is 18.9 Å². The van der Waals surface area contributed by atoms with Crippen molar-refractivity contribution in [2.45, 2.75) is 25.9 Å². The van der Waals surface area contributed by atoms with Crippen molar-refractivity contribution >= 4 is 16.5 Å². The molecule has 20 heavy (non-hydrogen) atoms. The molecule has 0 aliphatic carbocycles. The minimum atomic E-state index is 0.549. The maximum absolute atomic E-state index is 4.33. The Hall–Kier alpha value is -1.39. The summed E-state index contributed by atoms with van der Waals surface area (Å²) in [7, 11) is 0. The third kappa shape index (κ3) is 3.38. The van der Waals surface area contributed by atoms with Gasteiger partial charge in [-0.1, -0.05) is 37.3 Å². The second kappa shape index (κ2) is 6.37. The van der Waals surface area contributed by atoms with E-state index < -0.39 is 0 Å². The van der Waals surface area contributed by atoms with Crippen molar-refractivity contribution in [2.24, 2.45) is 5.92 Å². The van der Waals surface area contributed by atoms with E-state index in [1.165, 1.54) is 12.0 Å². The zero-order valence-corrected chi connectivity index (χ0v) is 12.6. The lowest BCUT2D eigenvalue weighted by Crippen LogP contribution is -2.44. The normalized spacial score (nSPS) is 23.6. The summed E-state index contributed by atoms with van der Waals surface area (Å²) in [5, 5.41) is 6.66. The number of nitrogens with zero attached hydrogens (tertiary/aromatic N) is 2. The molecule has 1 saturated heterocycles. The van der Waals surface area contributed by atoms with Crippen LogP contribution in [-0.2, 0) is 6.54 Å². The number of likely N-dealkylation sites (tertiary alicyclic amines) is 1. The zero-order chi connectivity index (χ0) is 13.8. The second-order valence-corrected chi connectivity index (χ2v) is 6.47. The highest BCUT2D eigenvalue weighted by Crippen LogP contribution is 2.23. The maximum Gasteiger partial charge on any atom is 0.182 e. The lowest BCUT2D eigenvalue weighted by molar-refractivity contribution is 0.164. The number of anilines is 1. The van der Waals surface area contributed by atoms with Crippen molar-refractivity contribution in [2.75, 3.05) is 18.4 Å². The van der Waals surface area contributed by atoms with E-state index in [1.54, 1.807) is 11.3 Å². The highest BCUT2D eigenvalue weighted by molar-refractivity contribution is 7.13. The molecule has 1 aromatic carbocycles. The van der Waals surface area contributed by atoms with Gasteiger partial charge in [0.15, 0.2) is 5.13 Å². The lowest BCUT2D eigenvalue weighted by atomic mass is 9.93. The molecule has 0 spiro atoms. The molecule has 2 atom stereocenters. The summed E-state index contributed by atoms with van der Waals surface area (Å²) in [6, 6.07) is 11.3.